The zero-order valence-electron chi connectivity index (χ0n) is 10.4. The number of rotatable bonds is 3. The number of likely N-dealkylation sites (tertiary alicyclic amines) is 1. The lowest BCUT2D eigenvalue weighted by Gasteiger charge is -2.19. The molecule has 1 aromatic rings. The summed E-state index contributed by atoms with van der Waals surface area (Å²) < 4.78 is 5.06. The van der Waals surface area contributed by atoms with Crippen molar-refractivity contribution in [3.63, 3.8) is 0 Å². The third-order valence-electron chi connectivity index (χ3n) is 3.12. The normalized spacial score (nSPS) is 19.5. The van der Waals surface area contributed by atoms with Crippen LogP contribution >= 0.6 is 0 Å². The summed E-state index contributed by atoms with van der Waals surface area (Å²) in [5, 5.41) is 12.8. The van der Waals surface area contributed by atoms with E-state index in [1.165, 1.54) is 4.90 Å². The maximum atomic E-state index is 12.1. The molecular formula is C12H16N2O4. The first-order valence-corrected chi connectivity index (χ1v) is 6.01. The lowest BCUT2D eigenvalue weighted by atomic mass is 10.1. The number of aromatic nitrogens is 1. The lowest BCUT2D eigenvalue weighted by Crippen LogP contribution is -2.40. The highest BCUT2D eigenvalue weighted by molar-refractivity contribution is 5.95. The fourth-order valence-electron chi connectivity index (χ4n) is 2.08. The number of hydrogen-bond donors (Lipinski definition) is 1. The summed E-state index contributed by atoms with van der Waals surface area (Å²) in [4.78, 5) is 24.5. The molecule has 1 aromatic heterocycles. The van der Waals surface area contributed by atoms with Crippen molar-refractivity contribution >= 4 is 11.9 Å². The largest absolute Gasteiger partial charge is 0.480 e. The van der Waals surface area contributed by atoms with Gasteiger partial charge in [0.2, 0.25) is 0 Å². The number of carbonyl (C=O) groups excluding carboxylic acids is 1. The molecule has 0 spiro atoms. The summed E-state index contributed by atoms with van der Waals surface area (Å²) in [6.07, 6.45) is 1.20. The lowest BCUT2D eigenvalue weighted by molar-refractivity contribution is -0.141. The van der Waals surface area contributed by atoms with Gasteiger partial charge in [0.05, 0.1) is 0 Å². The molecule has 1 fully saturated rings. The molecule has 0 aromatic carbocycles. The van der Waals surface area contributed by atoms with Gasteiger partial charge < -0.3 is 14.5 Å². The molecular weight excluding hydrogens is 236 g/mol. The molecule has 1 aliphatic rings. The fraction of sp³-hybridized carbons (Fsp3) is 0.583. The molecule has 0 aliphatic carbocycles. The molecule has 6 nitrogen and oxygen atoms in total. The van der Waals surface area contributed by atoms with E-state index in [0.29, 0.717) is 25.1 Å². The van der Waals surface area contributed by atoms with Crippen molar-refractivity contribution < 1.29 is 19.2 Å². The molecule has 2 heterocycles. The van der Waals surface area contributed by atoms with Gasteiger partial charge in [0.1, 0.15) is 11.8 Å². The van der Waals surface area contributed by atoms with E-state index >= 15 is 0 Å². The van der Waals surface area contributed by atoms with Crippen molar-refractivity contribution in [3.05, 3.63) is 17.5 Å². The van der Waals surface area contributed by atoms with Crippen LogP contribution in [0, 0.1) is 0 Å². The van der Waals surface area contributed by atoms with E-state index < -0.39 is 12.0 Å². The average molecular weight is 252 g/mol. The summed E-state index contributed by atoms with van der Waals surface area (Å²) >= 11 is 0. The number of hydrogen-bond acceptors (Lipinski definition) is 4. The van der Waals surface area contributed by atoms with Crippen LogP contribution in [0.4, 0.5) is 0 Å². The second-order valence-corrected chi connectivity index (χ2v) is 4.76. The van der Waals surface area contributed by atoms with Crippen LogP contribution in [0.3, 0.4) is 0 Å². The van der Waals surface area contributed by atoms with E-state index in [2.05, 4.69) is 5.16 Å². The number of carbonyl (C=O) groups is 2. The summed E-state index contributed by atoms with van der Waals surface area (Å²) in [6, 6.07) is 0.848. The number of carboxylic acids is 1. The first kappa shape index (κ1) is 12.6. The summed E-state index contributed by atoms with van der Waals surface area (Å²) in [7, 11) is 0. The minimum atomic E-state index is -0.964. The Balaban J connectivity index is 2.17. The van der Waals surface area contributed by atoms with Gasteiger partial charge in [-0.15, -0.1) is 0 Å². The van der Waals surface area contributed by atoms with Gasteiger partial charge in [-0.2, -0.15) is 0 Å². The maximum absolute atomic E-state index is 12.1. The third kappa shape index (κ3) is 2.23. The van der Waals surface area contributed by atoms with Crippen LogP contribution in [-0.4, -0.2) is 39.6 Å². The number of nitrogens with zero attached hydrogens (tertiary/aromatic N) is 2. The quantitative estimate of drug-likeness (QED) is 0.881. The number of amides is 1. The van der Waals surface area contributed by atoms with Crippen LogP contribution in [0.25, 0.3) is 0 Å². The molecule has 0 bridgehead atoms. The molecule has 0 radical (unpaired) electrons. The Morgan fingerprint density at radius 2 is 2.28 bits per heavy atom. The van der Waals surface area contributed by atoms with Crippen LogP contribution in [0.2, 0.25) is 0 Å². The van der Waals surface area contributed by atoms with E-state index in [4.69, 9.17) is 9.63 Å². The standard InChI is InChI=1S/C12H16N2O4/c1-7(2)10-6-8(13-18-10)11(15)14-5-3-4-9(14)12(16)17/h6-7,9H,3-5H2,1-2H3,(H,16,17)/t9-/m1/s1. The smallest absolute Gasteiger partial charge is 0.326 e. The van der Waals surface area contributed by atoms with Gasteiger partial charge in [0.15, 0.2) is 5.69 Å². The third-order valence-corrected chi connectivity index (χ3v) is 3.12. The molecule has 1 aliphatic heterocycles. The SMILES string of the molecule is CC(C)c1cc(C(=O)N2CCC[C@@H]2C(=O)O)no1. The van der Waals surface area contributed by atoms with Crippen LogP contribution in [0.1, 0.15) is 48.9 Å². The van der Waals surface area contributed by atoms with E-state index in [1.54, 1.807) is 6.07 Å². The minimum absolute atomic E-state index is 0.146. The highest BCUT2D eigenvalue weighted by Crippen LogP contribution is 2.22. The maximum Gasteiger partial charge on any atom is 0.326 e. The van der Waals surface area contributed by atoms with Crippen molar-refractivity contribution in [1.82, 2.24) is 10.1 Å². The van der Waals surface area contributed by atoms with Gasteiger partial charge in [0, 0.05) is 18.5 Å². The van der Waals surface area contributed by atoms with Crippen LogP contribution in [0.5, 0.6) is 0 Å². The van der Waals surface area contributed by atoms with Gasteiger partial charge in [-0.3, -0.25) is 4.79 Å². The zero-order chi connectivity index (χ0) is 13.3. The second-order valence-electron chi connectivity index (χ2n) is 4.76. The van der Waals surface area contributed by atoms with E-state index in [1.807, 2.05) is 13.8 Å². The second kappa shape index (κ2) is 4.80. The zero-order valence-corrected chi connectivity index (χ0v) is 10.4. The number of aliphatic carboxylic acids is 1. The molecule has 1 amide bonds. The van der Waals surface area contributed by atoms with E-state index in [9.17, 15) is 9.59 Å². The molecule has 2 rings (SSSR count). The van der Waals surface area contributed by atoms with Crippen molar-refractivity contribution in [3.8, 4) is 0 Å². The molecule has 0 unspecified atom stereocenters. The van der Waals surface area contributed by atoms with Crippen LogP contribution in [0.15, 0.2) is 10.6 Å². The van der Waals surface area contributed by atoms with Gasteiger partial charge in [-0.1, -0.05) is 19.0 Å². The van der Waals surface area contributed by atoms with Crippen molar-refractivity contribution in [2.75, 3.05) is 6.54 Å². The summed E-state index contributed by atoms with van der Waals surface area (Å²) in [6.45, 7) is 4.33. The van der Waals surface area contributed by atoms with Crippen molar-refractivity contribution in [1.29, 1.82) is 0 Å². The topological polar surface area (TPSA) is 83.6 Å². The highest BCUT2D eigenvalue weighted by Gasteiger charge is 2.35. The Kier molecular flexibility index (Phi) is 3.36. The van der Waals surface area contributed by atoms with Crippen molar-refractivity contribution in [2.45, 2.75) is 38.6 Å². The molecule has 18 heavy (non-hydrogen) atoms. The van der Waals surface area contributed by atoms with E-state index in [-0.39, 0.29) is 17.5 Å². The first-order chi connectivity index (χ1) is 8.50. The molecule has 98 valence electrons. The van der Waals surface area contributed by atoms with E-state index in [0.717, 1.165) is 0 Å². The Morgan fingerprint density at radius 1 is 1.56 bits per heavy atom. The monoisotopic (exact) mass is 252 g/mol. The Hall–Kier alpha value is -1.85. The van der Waals surface area contributed by atoms with Crippen molar-refractivity contribution in [2.24, 2.45) is 0 Å². The minimum Gasteiger partial charge on any atom is -0.480 e. The number of carboxylic acid groups (broad SMARTS) is 1. The Bertz CT molecular complexity index is 466. The predicted molar refractivity (Wildman–Crippen MR) is 62.3 cm³/mol. The highest BCUT2D eigenvalue weighted by atomic mass is 16.5. The van der Waals surface area contributed by atoms with Gasteiger partial charge in [-0.25, -0.2) is 4.79 Å². The molecule has 1 atom stereocenters. The average Bonchev–Trinajstić information content (AvgIpc) is 2.97. The Labute approximate surface area is 105 Å². The predicted octanol–water partition coefficient (Wildman–Crippen LogP) is 1.49. The first-order valence-electron chi connectivity index (χ1n) is 6.01. The van der Waals surface area contributed by atoms with Crippen LogP contribution in [-0.2, 0) is 4.79 Å². The van der Waals surface area contributed by atoms with Gasteiger partial charge in [-0.05, 0) is 12.8 Å². The fourth-order valence-corrected chi connectivity index (χ4v) is 2.08. The van der Waals surface area contributed by atoms with Gasteiger partial charge >= 0.3 is 5.97 Å². The molecule has 1 saturated heterocycles. The van der Waals surface area contributed by atoms with Gasteiger partial charge in [0.25, 0.3) is 5.91 Å². The summed E-state index contributed by atoms with van der Waals surface area (Å²) in [5.74, 6) is -0.554. The summed E-state index contributed by atoms with van der Waals surface area (Å²) in [5.41, 5.74) is 0.187. The molecule has 1 N–H and O–H groups in total. The van der Waals surface area contributed by atoms with Crippen LogP contribution < -0.4 is 0 Å². The Morgan fingerprint density at radius 3 is 2.83 bits per heavy atom. The molecule has 6 heteroatoms. The molecule has 0 saturated carbocycles.